The van der Waals surface area contributed by atoms with Gasteiger partial charge in [0.1, 0.15) is 0 Å². The number of hydrogen-bond acceptors (Lipinski definition) is 4. The van der Waals surface area contributed by atoms with Gasteiger partial charge in [-0.1, -0.05) is 24.3 Å². The number of methoxy groups -OCH3 is 1. The minimum absolute atomic E-state index is 0.0416. The van der Waals surface area contributed by atoms with Gasteiger partial charge in [0.25, 0.3) is 0 Å². The lowest BCUT2D eigenvalue weighted by Crippen LogP contribution is -2.15. The number of amides is 1. The maximum atomic E-state index is 11.1. The molecule has 21 heavy (non-hydrogen) atoms. The Kier molecular flexibility index (Phi) is 5.92. The van der Waals surface area contributed by atoms with Gasteiger partial charge in [-0.15, -0.1) is 11.3 Å². The Morgan fingerprint density at radius 1 is 1.19 bits per heavy atom. The van der Waals surface area contributed by atoms with Gasteiger partial charge in [-0.3, -0.25) is 4.79 Å². The van der Waals surface area contributed by atoms with Crippen molar-refractivity contribution in [1.29, 1.82) is 0 Å². The van der Waals surface area contributed by atoms with Gasteiger partial charge in [-0.25, -0.2) is 0 Å². The van der Waals surface area contributed by atoms with Crippen LogP contribution in [0.4, 0.5) is 5.69 Å². The van der Waals surface area contributed by atoms with Crippen LogP contribution in [-0.4, -0.2) is 13.0 Å². The van der Waals surface area contributed by atoms with Crippen LogP contribution in [0.25, 0.3) is 0 Å². The molecule has 4 nitrogen and oxygen atoms in total. The summed E-state index contributed by atoms with van der Waals surface area (Å²) in [5.41, 5.74) is 3.32. The van der Waals surface area contributed by atoms with Crippen LogP contribution in [-0.2, 0) is 29.2 Å². The fourth-order valence-corrected chi connectivity index (χ4v) is 2.92. The number of anilines is 1. The second-order valence-electron chi connectivity index (χ2n) is 4.74. The Balaban J connectivity index is 1.93. The van der Waals surface area contributed by atoms with E-state index in [4.69, 9.17) is 4.74 Å². The summed E-state index contributed by atoms with van der Waals surface area (Å²) in [5.74, 6) is -0.0416. The maximum absolute atomic E-state index is 11.1. The molecule has 2 N–H and O–H groups in total. The molecular weight excluding hydrogens is 284 g/mol. The minimum Gasteiger partial charge on any atom is -0.380 e. The third-order valence-electron chi connectivity index (χ3n) is 3.08. The number of hydrogen-bond donors (Lipinski definition) is 2. The molecule has 112 valence electrons. The standard InChI is InChI=1S/C16H20N2O2S/c1-12(19)18-15-7-8-21-16(15)10-17-9-13-5-3-4-6-14(13)11-20-2/h3-8,17H,9-11H2,1-2H3,(H,18,19). The van der Waals surface area contributed by atoms with Crippen LogP contribution in [0, 0.1) is 0 Å². The van der Waals surface area contributed by atoms with E-state index in [9.17, 15) is 4.79 Å². The first-order chi connectivity index (χ1) is 10.2. The maximum Gasteiger partial charge on any atom is 0.221 e. The van der Waals surface area contributed by atoms with Crippen molar-refractivity contribution in [1.82, 2.24) is 5.32 Å². The van der Waals surface area contributed by atoms with Crippen molar-refractivity contribution in [2.24, 2.45) is 0 Å². The van der Waals surface area contributed by atoms with Crippen molar-refractivity contribution < 1.29 is 9.53 Å². The average Bonchev–Trinajstić information content (AvgIpc) is 2.88. The Morgan fingerprint density at radius 2 is 1.95 bits per heavy atom. The van der Waals surface area contributed by atoms with Gasteiger partial charge in [0, 0.05) is 32.0 Å². The highest BCUT2D eigenvalue weighted by Gasteiger charge is 2.06. The van der Waals surface area contributed by atoms with Gasteiger partial charge in [0.05, 0.1) is 12.3 Å². The van der Waals surface area contributed by atoms with Gasteiger partial charge in [0.15, 0.2) is 0 Å². The first-order valence-corrected chi connectivity index (χ1v) is 7.69. The molecule has 1 aromatic heterocycles. The summed E-state index contributed by atoms with van der Waals surface area (Å²) < 4.78 is 5.21. The predicted molar refractivity (Wildman–Crippen MR) is 86.3 cm³/mol. The van der Waals surface area contributed by atoms with E-state index in [0.29, 0.717) is 6.61 Å². The highest BCUT2D eigenvalue weighted by Crippen LogP contribution is 2.22. The first kappa shape index (κ1) is 15.7. The topological polar surface area (TPSA) is 50.4 Å². The van der Waals surface area contributed by atoms with Crippen molar-refractivity contribution in [3.63, 3.8) is 0 Å². The summed E-state index contributed by atoms with van der Waals surface area (Å²) >= 11 is 1.64. The molecule has 0 saturated heterocycles. The number of thiophene rings is 1. The molecule has 0 fully saturated rings. The summed E-state index contributed by atoms with van der Waals surface area (Å²) in [6.45, 7) is 3.65. The summed E-state index contributed by atoms with van der Waals surface area (Å²) in [7, 11) is 1.70. The molecule has 0 spiro atoms. The van der Waals surface area contributed by atoms with Gasteiger partial charge in [0.2, 0.25) is 5.91 Å². The Hall–Kier alpha value is -1.69. The second-order valence-corrected chi connectivity index (χ2v) is 5.74. The molecule has 2 aromatic rings. The minimum atomic E-state index is -0.0416. The predicted octanol–water partition coefficient (Wildman–Crippen LogP) is 3.14. The lowest BCUT2D eigenvalue weighted by Gasteiger charge is -2.10. The molecule has 0 unspecified atom stereocenters. The number of ether oxygens (including phenoxy) is 1. The molecule has 1 amide bonds. The summed E-state index contributed by atoms with van der Waals surface area (Å²) in [4.78, 5) is 12.3. The monoisotopic (exact) mass is 304 g/mol. The number of carbonyl (C=O) groups is 1. The Labute approximate surface area is 129 Å². The van der Waals surface area contributed by atoms with Crippen LogP contribution in [0.1, 0.15) is 22.9 Å². The Morgan fingerprint density at radius 3 is 2.67 bits per heavy atom. The van der Waals surface area contributed by atoms with Crippen molar-refractivity contribution in [3.8, 4) is 0 Å². The van der Waals surface area contributed by atoms with E-state index < -0.39 is 0 Å². The summed E-state index contributed by atoms with van der Waals surface area (Å²) in [5, 5.41) is 8.25. The van der Waals surface area contributed by atoms with Gasteiger partial charge in [-0.2, -0.15) is 0 Å². The molecule has 0 aliphatic rings. The molecule has 0 aliphatic carbocycles. The summed E-state index contributed by atoms with van der Waals surface area (Å²) in [6, 6.07) is 10.2. The van der Waals surface area contributed by atoms with E-state index in [1.54, 1.807) is 18.4 Å². The number of benzene rings is 1. The highest BCUT2D eigenvalue weighted by atomic mass is 32.1. The van der Waals surface area contributed by atoms with Crippen LogP contribution >= 0.6 is 11.3 Å². The first-order valence-electron chi connectivity index (χ1n) is 6.81. The third kappa shape index (κ3) is 4.67. The van der Waals surface area contributed by atoms with Crippen LogP contribution in [0.3, 0.4) is 0 Å². The zero-order chi connectivity index (χ0) is 15.1. The van der Waals surface area contributed by atoms with Gasteiger partial charge in [-0.05, 0) is 22.6 Å². The fraction of sp³-hybridized carbons (Fsp3) is 0.312. The van der Waals surface area contributed by atoms with E-state index in [-0.39, 0.29) is 5.91 Å². The number of carbonyl (C=O) groups excluding carboxylic acids is 1. The summed E-state index contributed by atoms with van der Waals surface area (Å²) in [6.07, 6.45) is 0. The highest BCUT2D eigenvalue weighted by molar-refractivity contribution is 7.10. The molecule has 1 heterocycles. The second kappa shape index (κ2) is 7.93. The van der Waals surface area contributed by atoms with Crippen LogP contribution in [0.5, 0.6) is 0 Å². The zero-order valence-corrected chi connectivity index (χ0v) is 13.1. The molecular formula is C16H20N2O2S. The molecule has 0 radical (unpaired) electrons. The van der Waals surface area contributed by atoms with Crippen molar-refractivity contribution >= 4 is 22.9 Å². The van der Waals surface area contributed by atoms with Gasteiger partial charge >= 0.3 is 0 Å². The third-order valence-corrected chi connectivity index (χ3v) is 4.00. The quantitative estimate of drug-likeness (QED) is 0.826. The SMILES string of the molecule is COCc1ccccc1CNCc1sccc1NC(C)=O. The lowest BCUT2D eigenvalue weighted by molar-refractivity contribution is -0.114. The largest absolute Gasteiger partial charge is 0.380 e. The van der Waals surface area contributed by atoms with Crippen molar-refractivity contribution in [2.75, 3.05) is 12.4 Å². The molecule has 0 saturated carbocycles. The fourth-order valence-electron chi connectivity index (χ4n) is 2.12. The normalized spacial score (nSPS) is 10.6. The molecule has 0 atom stereocenters. The number of rotatable bonds is 7. The van der Waals surface area contributed by atoms with E-state index in [1.807, 2.05) is 23.6 Å². The average molecular weight is 304 g/mol. The van der Waals surface area contributed by atoms with Gasteiger partial charge < -0.3 is 15.4 Å². The number of nitrogens with one attached hydrogen (secondary N) is 2. The van der Waals surface area contributed by atoms with Crippen molar-refractivity contribution in [2.45, 2.75) is 26.6 Å². The van der Waals surface area contributed by atoms with Crippen LogP contribution < -0.4 is 10.6 Å². The molecule has 0 aliphatic heterocycles. The lowest BCUT2D eigenvalue weighted by atomic mass is 10.1. The molecule has 2 rings (SSSR count). The van der Waals surface area contributed by atoms with Crippen LogP contribution in [0.2, 0.25) is 0 Å². The van der Waals surface area contributed by atoms with E-state index >= 15 is 0 Å². The molecule has 1 aromatic carbocycles. The van der Waals surface area contributed by atoms with E-state index in [0.717, 1.165) is 23.7 Å². The zero-order valence-electron chi connectivity index (χ0n) is 12.3. The molecule has 0 bridgehead atoms. The smallest absolute Gasteiger partial charge is 0.221 e. The van der Waals surface area contributed by atoms with E-state index in [1.165, 1.54) is 18.1 Å². The molecule has 5 heteroatoms. The van der Waals surface area contributed by atoms with Crippen LogP contribution in [0.15, 0.2) is 35.7 Å². The van der Waals surface area contributed by atoms with Crippen molar-refractivity contribution in [3.05, 3.63) is 51.7 Å². The van der Waals surface area contributed by atoms with E-state index in [2.05, 4.69) is 22.8 Å². The Bertz CT molecular complexity index is 595.